The van der Waals surface area contributed by atoms with E-state index in [4.69, 9.17) is 9.26 Å². The Balaban J connectivity index is 1.96. The fraction of sp³-hybridized carbons (Fsp3) is 0.846. The van der Waals surface area contributed by atoms with Gasteiger partial charge in [0.2, 0.25) is 5.89 Å². The van der Waals surface area contributed by atoms with Crippen molar-refractivity contribution >= 4 is 0 Å². The first-order valence-corrected chi connectivity index (χ1v) is 6.85. The lowest BCUT2D eigenvalue weighted by Crippen LogP contribution is -2.53. The summed E-state index contributed by atoms with van der Waals surface area (Å²) < 4.78 is 11.0. The minimum absolute atomic E-state index is 0.0326. The fourth-order valence-corrected chi connectivity index (χ4v) is 2.50. The number of aryl methyl sites for hydroxylation is 1. The Bertz CT molecular complexity index is 406. The maximum atomic E-state index is 9.28. The second-order valence-electron chi connectivity index (χ2n) is 5.71. The third kappa shape index (κ3) is 3.99. The molecule has 1 unspecified atom stereocenters. The summed E-state index contributed by atoms with van der Waals surface area (Å²) in [5, 5.41) is 13.2. The van der Waals surface area contributed by atoms with E-state index in [0.717, 1.165) is 25.2 Å². The van der Waals surface area contributed by atoms with Crippen molar-refractivity contribution in [1.29, 1.82) is 0 Å². The molecule has 1 fully saturated rings. The molecule has 0 saturated carbocycles. The van der Waals surface area contributed by atoms with Crippen LogP contribution in [0, 0.1) is 0 Å². The zero-order valence-corrected chi connectivity index (χ0v) is 11.9. The smallest absolute Gasteiger partial charge is 0.240 e. The quantitative estimate of drug-likeness (QED) is 0.859. The monoisotopic (exact) mass is 269 g/mol. The predicted molar refractivity (Wildman–Crippen MR) is 69.6 cm³/mol. The molecule has 1 N–H and O–H groups in total. The molecule has 0 bridgehead atoms. The molecular formula is C13H23N3O3. The van der Waals surface area contributed by atoms with Crippen molar-refractivity contribution in [3.8, 4) is 0 Å². The molecule has 0 radical (unpaired) electrons. The molecule has 2 heterocycles. The van der Waals surface area contributed by atoms with Gasteiger partial charge in [-0.05, 0) is 20.3 Å². The van der Waals surface area contributed by atoms with Crippen molar-refractivity contribution in [2.24, 2.45) is 0 Å². The molecule has 1 aliphatic rings. The minimum Gasteiger partial charge on any atom is -0.394 e. The molecule has 19 heavy (non-hydrogen) atoms. The van der Waals surface area contributed by atoms with Gasteiger partial charge < -0.3 is 14.4 Å². The van der Waals surface area contributed by atoms with Crippen LogP contribution in [0.3, 0.4) is 0 Å². The van der Waals surface area contributed by atoms with Gasteiger partial charge in [0.25, 0.3) is 0 Å². The van der Waals surface area contributed by atoms with Crippen molar-refractivity contribution in [2.45, 2.75) is 51.9 Å². The average Bonchev–Trinajstić information content (AvgIpc) is 2.75. The topological polar surface area (TPSA) is 71.6 Å². The minimum atomic E-state index is -0.266. The van der Waals surface area contributed by atoms with E-state index >= 15 is 0 Å². The summed E-state index contributed by atoms with van der Waals surface area (Å²) >= 11 is 0. The molecule has 0 amide bonds. The van der Waals surface area contributed by atoms with Crippen LogP contribution in [0.5, 0.6) is 0 Å². The van der Waals surface area contributed by atoms with E-state index in [-0.39, 0.29) is 18.3 Å². The molecule has 1 aromatic heterocycles. The van der Waals surface area contributed by atoms with Gasteiger partial charge >= 0.3 is 0 Å². The highest BCUT2D eigenvalue weighted by Gasteiger charge is 2.33. The van der Waals surface area contributed by atoms with Gasteiger partial charge in [-0.1, -0.05) is 12.1 Å². The van der Waals surface area contributed by atoms with Gasteiger partial charge in [-0.2, -0.15) is 4.98 Å². The van der Waals surface area contributed by atoms with Crippen LogP contribution in [0.15, 0.2) is 4.52 Å². The van der Waals surface area contributed by atoms with E-state index in [9.17, 15) is 5.11 Å². The van der Waals surface area contributed by atoms with Crippen LogP contribution in [0.1, 0.15) is 38.9 Å². The predicted octanol–water partition coefficient (Wildman–Crippen LogP) is 0.994. The number of nitrogens with zero attached hydrogens (tertiary/aromatic N) is 3. The number of ether oxygens (including phenoxy) is 1. The second-order valence-corrected chi connectivity index (χ2v) is 5.71. The highest BCUT2D eigenvalue weighted by atomic mass is 16.5. The van der Waals surface area contributed by atoms with Gasteiger partial charge in [-0.3, -0.25) is 4.90 Å². The normalized spacial score (nSPS) is 23.7. The molecule has 1 aromatic rings. The summed E-state index contributed by atoms with van der Waals surface area (Å²) in [6, 6.07) is 0. The van der Waals surface area contributed by atoms with Gasteiger partial charge in [0.1, 0.15) is 0 Å². The zero-order chi connectivity index (χ0) is 13.9. The van der Waals surface area contributed by atoms with Gasteiger partial charge in [0, 0.05) is 19.5 Å². The molecular weight excluding hydrogens is 246 g/mol. The van der Waals surface area contributed by atoms with Crippen LogP contribution in [-0.2, 0) is 17.7 Å². The summed E-state index contributed by atoms with van der Waals surface area (Å²) in [5.41, 5.74) is -0.266. The second kappa shape index (κ2) is 5.98. The highest BCUT2D eigenvalue weighted by Crippen LogP contribution is 2.22. The first-order valence-electron chi connectivity index (χ1n) is 6.85. The Kier molecular flexibility index (Phi) is 4.54. The van der Waals surface area contributed by atoms with Gasteiger partial charge in [0.15, 0.2) is 5.82 Å². The number of aliphatic hydroxyl groups is 1. The van der Waals surface area contributed by atoms with E-state index < -0.39 is 0 Å². The van der Waals surface area contributed by atoms with Gasteiger partial charge in [0.05, 0.1) is 24.9 Å². The Morgan fingerprint density at radius 2 is 2.26 bits per heavy atom. The number of aromatic nitrogens is 2. The first-order chi connectivity index (χ1) is 9.02. The largest absolute Gasteiger partial charge is 0.394 e. The van der Waals surface area contributed by atoms with Crippen LogP contribution in [-0.4, -0.2) is 51.5 Å². The number of morpholine rings is 1. The zero-order valence-electron chi connectivity index (χ0n) is 11.9. The van der Waals surface area contributed by atoms with Crippen LogP contribution in [0.25, 0.3) is 0 Å². The van der Waals surface area contributed by atoms with E-state index in [0.29, 0.717) is 19.0 Å². The van der Waals surface area contributed by atoms with Crippen molar-refractivity contribution in [1.82, 2.24) is 15.0 Å². The number of rotatable bonds is 5. The van der Waals surface area contributed by atoms with Crippen LogP contribution in [0.4, 0.5) is 0 Å². The number of hydrogen-bond donors (Lipinski definition) is 1. The van der Waals surface area contributed by atoms with Gasteiger partial charge in [-0.15, -0.1) is 0 Å². The van der Waals surface area contributed by atoms with Crippen molar-refractivity contribution < 1.29 is 14.4 Å². The summed E-state index contributed by atoms with van der Waals surface area (Å²) in [4.78, 5) is 6.56. The molecule has 0 aromatic carbocycles. The van der Waals surface area contributed by atoms with E-state index in [2.05, 4.69) is 22.0 Å². The van der Waals surface area contributed by atoms with Crippen LogP contribution >= 0.6 is 0 Å². The van der Waals surface area contributed by atoms with Crippen molar-refractivity contribution in [2.75, 3.05) is 19.7 Å². The molecule has 1 atom stereocenters. The molecule has 6 heteroatoms. The standard InChI is InChI=1S/C13H23N3O3/c1-4-5-11-14-12(19-15-11)7-16-6-10(8-17)18-13(2,3)9-16/h10,17H,4-9H2,1-3H3. The summed E-state index contributed by atoms with van der Waals surface area (Å²) in [7, 11) is 0. The third-order valence-corrected chi connectivity index (χ3v) is 3.10. The Morgan fingerprint density at radius 3 is 2.95 bits per heavy atom. The molecule has 108 valence electrons. The van der Waals surface area contributed by atoms with Crippen LogP contribution in [0.2, 0.25) is 0 Å². The summed E-state index contributed by atoms with van der Waals surface area (Å²) in [6.07, 6.45) is 1.70. The number of aliphatic hydroxyl groups excluding tert-OH is 1. The Hall–Kier alpha value is -0.980. The van der Waals surface area contributed by atoms with Crippen LogP contribution < -0.4 is 0 Å². The van der Waals surface area contributed by atoms with E-state index in [1.165, 1.54) is 0 Å². The number of hydrogen-bond acceptors (Lipinski definition) is 6. The molecule has 1 saturated heterocycles. The fourth-order valence-electron chi connectivity index (χ4n) is 2.50. The van der Waals surface area contributed by atoms with Crippen molar-refractivity contribution in [3.63, 3.8) is 0 Å². The Labute approximate surface area is 113 Å². The van der Waals surface area contributed by atoms with E-state index in [1.807, 2.05) is 13.8 Å². The molecule has 2 rings (SSSR count). The lowest BCUT2D eigenvalue weighted by molar-refractivity contribution is -0.151. The molecule has 6 nitrogen and oxygen atoms in total. The van der Waals surface area contributed by atoms with E-state index in [1.54, 1.807) is 0 Å². The summed E-state index contributed by atoms with van der Waals surface area (Å²) in [6.45, 7) is 8.26. The molecule has 1 aliphatic heterocycles. The molecule has 0 spiro atoms. The first kappa shape index (κ1) is 14.4. The maximum Gasteiger partial charge on any atom is 0.240 e. The lowest BCUT2D eigenvalue weighted by atomic mass is 10.1. The van der Waals surface area contributed by atoms with Crippen molar-refractivity contribution in [3.05, 3.63) is 11.7 Å². The molecule has 0 aliphatic carbocycles. The third-order valence-electron chi connectivity index (χ3n) is 3.10. The summed E-state index contributed by atoms with van der Waals surface area (Å²) in [5.74, 6) is 1.40. The van der Waals surface area contributed by atoms with Gasteiger partial charge in [-0.25, -0.2) is 0 Å². The maximum absolute atomic E-state index is 9.28. The lowest BCUT2D eigenvalue weighted by Gasteiger charge is -2.41. The SMILES string of the molecule is CCCc1noc(CN2CC(CO)OC(C)(C)C2)n1. The Morgan fingerprint density at radius 1 is 1.47 bits per heavy atom. The average molecular weight is 269 g/mol. The highest BCUT2D eigenvalue weighted by molar-refractivity contribution is 4.90.